The van der Waals surface area contributed by atoms with Gasteiger partial charge in [0.2, 0.25) is 0 Å². The number of esters is 1. The lowest BCUT2D eigenvalue weighted by atomic mass is 10.3. The summed E-state index contributed by atoms with van der Waals surface area (Å²) in [7, 11) is 0. The standard InChI is InChI=1S/C11H16O2/c1-2-3-4-9-11(12)13-10-7-5-6-8-10/h2-4,9-10H,5-8H2,1H3. The van der Waals surface area contributed by atoms with Gasteiger partial charge in [-0.05, 0) is 32.6 Å². The van der Waals surface area contributed by atoms with E-state index < -0.39 is 0 Å². The number of carbonyl (C=O) groups is 1. The lowest BCUT2D eigenvalue weighted by Crippen LogP contribution is -2.12. The van der Waals surface area contributed by atoms with E-state index in [1.165, 1.54) is 18.9 Å². The second-order valence-electron chi connectivity index (χ2n) is 3.23. The van der Waals surface area contributed by atoms with Crippen molar-refractivity contribution < 1.29 is 9.53 Å². The smallest absolute Gasteiger partial charge is 0.331 e. The lowest BCUT2D eigenvalue weighted by Gasteiger charge is -2.08. The van der Waals surface area contributed by atoms with Crippen molar-refractivity contribution in [1.82, 2.24) is 0 Å². The van der Waals surface area contributed by atoms with E-state index in [0.717, 1.165) is 12.8 Å². The van der Waals surface area contributed by atoms with Crippen molar-refractivity contribution in [3.63, 3.8) is 0 Å². The highest BCUT2D eigenvalue weighted by molar-refractivity contribution is 5.82. The number of hydrogen-bond acceptors (Lipinski definition) is 2. The van der Waals surface area contributed by atoms with Crippen LogP contribution in [-0.4, -0.2) is 12.1 Å². The molecule has 1 aliphatic rings. The molecule has 0 amide bonds. The molecule has 0 aromatic heterocycles. The summed E-state index contributed by atoms with van der Waals surface area (Å²) >= 11 is 0. The minimum absolute atomic E-state index is 0.169. The second kappa shape index (κ2) is 5.57. The van der Waals surface area contributed by atoms with E-state index in [4.69, 9.17) is 4.74 Å². The third-order valence-electron chi connectivity index (χ3n) is 2.12. The van der Waals surface area contributed by atoms with Crippen LogP contribution in [0, 0.1) is 0 Å². The fourth-order valence-corrected chi connectivity index (χ4v) is 1.45. The molecular formula is C11H16O2. The van der Waals surface area contributed by atoms with Crippen LogP contribution in [-0.2, 0) is 9.53 Å². The van der Waals surface area contributed by atoms with Gasteiger partial charge in [0.1, 0.15) is 6.10 Å². The number of allylic oxidation sites excluding steroid dienone is 3. The summed E-state index contributed by atoms with van der Waals surface area (Å²) in [6.07, 6.45) is 11.5. The maximum absolute atomic E-state index is 11.1. The molecule has 1 rings (SSSR count). The molecule has 0 spiro atoms. The van der Waals surface area contributed by atoms with Crippen molar-refractivity contribution in [1.29, 1.82) is 0 Å². The van der Waals surface area contributed by atoms with Gasteiger partial charge in [-0.2, -0.15) is 0 Å². The van der Waals surface area contributed by atoms with E-state index in [1.807, 2.05) is 19.1 Å². The predicted molar refractivity (Wildman–Crippen MR) is 52.3 cm³/mol. The van der Waals surface area contributed by atoms with Crippen LogP contribution in [0.25, 0.3) is 0 Å². The Labute approximate surface area is 79.3 Å². The van der Waals surface area contributed by atoms with Crippen LogP contribution >= 0.6 is 0 Å². The van der Waals surface area contributed by atoms with E-state index in [1.54, 1.807) is 6.08 Å². The molecule has 1 saturated carbocycles. The average Bonchev–Trinajstić information content (AvgIpc) is 2.57. The molecular weight excluding hydrogens is 164 g/mol. The Bertz CT molecular complexity index is 210. The third-order valence-corrected chi connectivity index (χ3v) is 2.12. The molecule has 0 bridgehead atoms. The van der Waals surface area contributed by atoms with Gasteiger partial charge in [-0.3, -0.25) is 0 Å². The topological polar surface area (TPSA) is 26.3 Å². The van der Waals surface area contributed by atoms with E-state index in [-0.39, 0.29) is 12.1 Å². The van der Waals surface area contributed by atoms with Crippen molar-refractivity contribution in [2.45, 2.75) is 38.7 Å². The summed E-state index contributed by atoms with van der Waals surface area (Å²) in [4.78, 5) is 11.1. The van der Waals surface area contributed by atoms with Gasteiger partial charge in [-0.25, -0.2) is 4.79 Å². The maximum Gasteiger partial charge on any atom is 0.331 e. The Morgan fingerprint density at radius 2 is 2.00 bits per heavy atom. The Kier molecular flexibility index (Phi) is 4.30. The predicted octanol–water partition coefficient (Wildman–Crippen LogP) is 2.60. The van der Waals surface area contributed by atoms with Crippen LogP contribution in [0.5, 0.6) is 0 Å². The van der Waals surface area contributed by atoms with Crippen LogP contribution in [0.15, 0.2) is 24.3 Å². The summed E-state index contributed by atoms with van der Waals surface area (Å²) in [6, 6.07) is 0. The van der Waals surface area contributed by atoms with Crippen LogP contribution < -0.4 is 0 Å². The summed E-state index contributed by atoms with van der Waals surface area (Å²) < 4.78 is 5.20. The van der Waals surface area contributed by atoms with Crippen molar-refractivity contribution in [3.8, 4) is 0 Å². The van der Waals surface area contributed by atoms with E-state index >= 15 is 0 Å². The molecule has 13 heavy (non-hydrogen) atoms. The van der Waals surface area contributed by atoms with Crippen molar-refractivity contribution in [2.24, 2.45) is 0 Å². The van der Waals surface area contributed by atoms with Gasteiger partial charge in [-0.1, -0.05) is 18.2 Å². The fraction of sp³-hybridized carbons (Fsp3) is 0.545. The van der Waals surface area contributed by atoms with Crippen molar-refractivity contribution in [3.05, 3.63) is 24.3 Å². The van der Waals surface area contributed by atoms with Gasteiger partial charge in [0.25, 0.3) is 0 Å². The quantitative estimate of drug-likeness (QED) is 0.379. The van der Waals surface area contributed by atoms with Gasteiger partial charge in [-0.15, -0.1) is 0 Å². The van der Waals surface area contributed by atoms with Crippen LogP contribution in [0.4, 0.5) is 0 Å². The molecule has 0 atom stereocenters. The molecule has 0 aromatic rings. The zero-order chi connectivity index (χ0) is 9.52. The lowest BCUT2D eigenvalue weighted by molar-refractivity contribution is -0.142. The number of ether oxygens (including phenoxy) is 1. The maximum atomic E-state index is 11.1. The van der Waals surface area contributed by atoms with E-state index in [0.29, 0.717) is 0 Å². The first-order valence-electron chi connectivity index (χ1n) is 4.83. The van der Waals surface area contributed by atoms with E-state index in [9.17, 15) is 4.79 Å². The normalized spacial score (nSPS) is 18.8. The number of carbonyl (C=O) groups excluding carboxylic acids is 1. The van der Waals surface area contributed by atoms with Crippen LogP contribution in [0.1, 0.15) is 32.6 Å². The fourth-order valence-electron chi connectivity index (χ4n) is 1.45. The SMILES string of the molecule is CC=CC=CC(=O)OC1CCCC1. The molecule has 0 saturated heterocycles. The monoisotopic (exact) mass is 180 g/mol. The minimum atomic E-state index is -0.218. The van der Waals surface area contributed by atoms with Crippen LogP contribution in [0.3, 0.4) is 0 Å². The highest BCUT2D eigenvalue weighted by Gasteiger charge is 2.17. The third kappa shape index (κ3) is 3.92. The van der Waals surface area contributed by atoms with Gasteiger partial charge in [0.05, 0.1) is 0 Å². The molecule has 0 radical (unpaired) electrons. The molecule has 2 heteroatoms. The van der Waals surface area contributed by atoms with Gasteiger partial charge >= 0.3 is 5.97 Å². The van der Waals surface area contributed by atoms with Gasteiger partial charge in [0.15, 0.2) is 0 Å². The van der Waals surface area contributed by atoms with Gasteiger partial charge in [0, 0.05) is 6.08 Å². The first kappa shape index (κ1) is 10.0. The molecule has 1 aliphatic carbocycles. The Morgan fingerprint density at radius 3 is 2.62 bits per heavy atom. The Hall–Kier alpha value is -1.05. The number of hydrogen-bond donors (Lipinski definition) is 0. The summed E-state index contributed by atoms with van der Waals surface area (Å²) in [5.74, 6) is -0.218. The molecule has 0 heterocycles. The first-order valence-corrected chi connectivity index (χ1v) is 4.83. The first-order chi connectivity index (χ1) is 6.33. The summed E-state index contributed by atoms with van der Waals surface area (Å²) in [5.41, 5.74) is 0. The zero-order valence-electron chi connectivity index (χ0n) is 8.03. The molecule has 1 fully saturated rings. The van der Waals surface area contributed by atoms with Crippen molar-refractivity contribution in [2.75, 3.05) is 0 Å². The molecule has 0 aliphatic heterocycles. The van der Waals surface area contributed by atoms with E-state index in [2.05, 4.69) is 0 Å². The molecule has 0 N–H and O–H groups in total. The van der Waals surface area contributed by atoms with Crippen LogP contribution in [0.2, 0.25) is 0 Å². The summed E-state index contributed by atoms with van der Waals surface area (Å²) in [6.45, 7) is 1.91. The van der Waals surface area contributed by atoms with Crippen molar-refractivity contribution >= 4 is 5.97 Å². The molecule has 0 aromatic carbocycles. The second-order valence-corrected chi connectivity index (χ2v) is 3.23. The number of rotatable bonds is 3. The zero-order valence-corrected chi connectivity index (χ0v) is 8.03. The minimum Gasteiger partial charge on any atom is -0.459 e. The molecule has 2 nitrogen and oxygen atoms in total. The highest BCUT2D eigenvalue weighted by Crippen LogP contribution is 2.20. The molecule has 72 valence electrons. The largest absolute Gasteiger partial charge is 0.459 e. The highest BCUT2D eigenvalue weighted by atomic mass is 16.5. The Morgan fingerprint density at radius 1 is 1.31 bits per heavy atom. The molecule has 0 unspecified atom stereocenters. The Balaban J connectivity index is 2.23. The summed E-state index contributed by atoms with van der Waals surface area (Å²) in [5, 5.41) is 0. The van der Waals surface area contributed by atoms with Gasteiger partial charge < -0.3 is 4.74 Å². The average molecular weight is 180 g/mol.